The van der Waals surface area contributed by atoms with Crippen molar-refractivity contribution in [3.05, 3.63) is 48.0 Å². The summed E-state index contributed by atoms with van der Waals surface area (Å²) in [7, 11) is 4.00. The van der Waals surface area contributed by atoms with E-state index in [-0.39, 0.29) is 0 Å². The molecule has 94 valence electrons. The normalized spacial score (nSPS) is 12.4. The van der Waals surface area contributed by atoms with Gasteiger partial charge in [-0.25, -0.2) is 0 Å². The van der Waals surface area contributed by atoms with Gasteiger partial charge in [0.05, 0.1) is 0 Å². The molecular formula is C15H24N2. The molecule has 0 fully saturated rings. The van der Waals surface area contributed by atoms with Crippen LogP contribution in [0.25, 0.3) is 0 Å². The lowest BCUT2D eigenvalue weighted by Gasteiger charge is -2.17. The third-order valence-corrected chi connectivity index (χ3v) is 3.01. The van der Waals surface area contributed by atoms with Crippen molar-refractivity contribution in [2.24, 2.45) is 0 Å². The molecular weight excluding hydrogens is 208 g/mol. The number of rotatable bonds is 8. The number of likely N-dealkylation sites (N-methyl/N-ethyl adjacent to an activating group) is 2. The first-order valence-electron chi connectivity index (χ1n) is 6.28. The standard InChI is InChI=1S/C15H24N2/c1-13(12-16-2)9-10-15(17-3)11-14-7-5-4-6-8-14/h4-8,15-17H,1,9-12H2,2-3H3. The van der Waals surface area contributed by atoms with Gasteiger partial charge in [0, 0.05) is 12.6 Å². The summed E-state index contributed by atoms with van der Waals surface area (Å²) in [6, 6.07) is 11.2. The van der Waals surface area contributed by atoms with E-state index >= 15 is 0 Å². The van der Waals surface area contributed by atoms with Crippen molar-refractivity contribution in [3.63, 3.8) is 0 Å². The van der Waals surface area contributed by atoms with Crippen molar-refractivity contribution >= 4 is 0 Å². The number of hydrogen-bond acceptors (Lipinski definition) is 2. The van der Waals surface area contributed by atoms with E-state index in [4.69, 9.17) is 0 Å². The monoisotopic (exact) mass is 232 g/mol. The number of benzene rings is 1. The zero-order valence-electron chi connectivity index (χ0n) is 11.0. The van der Waals surface area contributed by atoms with Crippen molar-refractivity contribution in [2.75, 3.05) is 20.6 Å². The van der Waals surface area contributed by atoms with Gasteiger partial charge >= 0.3 is 0 Å². The Kier molecular flexibility index (Phi) is 6.60. The summed E-state index contributed by atoms with van der Waals surface area (Å²) in [5.74, 6) is 0. The molecule has 0 saturated carbocycles. The van der Waals surface area contributed by atoms with Gasteiger partial charge < -0.3 is 10.6 Å². The Bertz CT molecular complexity index is 319. The third-order valence-electron chi connectivity index (χ3n) is 3.01. The summed E-state index contributed by atoms with van der Waals surface area (Å²) >= 11 is 0. The molecule has 0 heterocycles. The largest absolute Gasteiger partial charge is 0.317 e. The lowest BCUT2D eigenvalue weighted by atomic mass is 10.00. The predicted molar refractivity (Wildman–Crippen MR) is 75.3 cm³/mol. The minimum absolute atomic E-state index is 0.533. The highest BCUT2D eigenvalue weighted by atomic mass is 14.9. The second-order valence-corrected chi connectivity index (χ2v) is 4.49. The van der Waals surface area contributed by atoms with E-state index < -0.39 is 0 Å². The SMILES string of the molecule is C=C(CCC(Cc1ccccc1)NC)CNC. The van der Waals surface area contributed by atoms with Crippen LogP contribution < -0.4 is 10.6 Å². The molecule has 0 radical (unpaired) electrons. The first-order valence-corrected chi connectivity index (χ1v) is 6.28. The fraction of sp³-hybridized carbons (Fsp3) is 0.467. The van der Waals surface area contributed by atoms with Crippen LogP contribution in [-0.2, 0) is 6.42 Å². The van der Waals surface area contributed by atoms with E-state index in [1.807, 2.05) is 14.1 Å². The topological polar surface area (TPSA) is 24.1 Å². The summed E-state index contributed by atoms with van der Waals surface area (Å²) in [4.78, 5) is 0. The van der Waals surface area contributed by atoms with Crippen molar-refractivity contribution < 1.29 is 0 Å². The van der Waals surface area contributed by atoms with Gasteiger partial charge in [0.15, 0.2) is 0 Å². The van der Waals surface area contributed by atoms with E-state index in [1.165, 1.54) is 11.1 Å². The van der Waals surface area contributed by atoms with E-state index in [0.717, 1.165) is 25.8 Å². The van der Waals surface area contributed by atoms with Crippen LogP contribution in [-0.4, -0.2) is 26.7 Å². The molecule has 0 aromatic heterocycles. The van der Waals surface area contributed by atoms with E-state index in [1.54, 1.807) is 0 Å². The molecule has 0 aliphatic carbocycles. The van der Waals surface area contributed by atoms with Crippen molar-refractivity contribution in [1.29, 1.82) is 0 Å². The van der Waals surface area contributed by atoms with Gasteiger partial charge in [0.25, 0.3) is 0 Å². The third kappa shape index (κ3) is 5.66. The molecule has 2 N–H and O–H groups in total. The van der Waals surface area contributed by atoms with E-state index in [0.29, 0.717) is 6.04 Å². The van der Waals surface area contributed by atoms with Crippen molar-refractivity contribution in [1.82, 2.24) is 10.6 Å². The van der Waals surface area contributed by atoms with Crippen LogP contribution >= 0.6 is 0 Å². The maximum absolute atomic E-state index is 4.07. The van der Waals surface area contributed by atoms with Gasteiger partial charge in [0.2, 0.25) is 0 Å². The van der Waals surface area contributed by atoms with Gasteiger partial charge in [-0.15, -0.1) is 0 Å². The molecule has 1 aromatic carbocycles. The summed E-state index contributed by atoms with van der Waals surface area (Å²) in [5.41, 5.74) is 2.67. The van der Waals surface area contributed by atoms with Crippen LogP contribution in [0.1, 0.15) is 18.4 Å². The van der Waals surface area contributed by atoms with E-state index in [2.05, 4.69) is 47.5 Å². The molecule has 1 rings (SSSR count). The Hall–Kier alpha value is -1.12. The molecule has 2 nitrogen and oxygen atoms in total. The van der Waals surface area contributed by atoms with Gasteiger partial charge in [-0.1, -0.05) is 42.5 Å². The van der Waals surface area contributed by atoms with Crippen LogP contribution in [0.4, 0.5) is 0 Å². The Balaban J connectivity index is 2.36. The van der Waals surface area contributed by atoms with Gasteiger partial charge in [-0.2, -0.15) is 0 Å². The van der Waals surface area contributed by atoms with Crippen molar-refractivity contribution in [2.45, 2.75) is 25.3 Å². The molecule has 0 aliphatic rings. The maximum atomic E-state index is 4.07. The number of hydrogen-bond donors (Lipinski definition) is 2. The Morgan fingerprint density at radius 2 is 1.94 bits per heavy atom. The van der Waals surface area contributed by atoms with Crippen LogP contribution in [0.5, 0.6) is 0 Å². The van der Waals surface area contributed by atoms with Crippen LogP contribution in [0.15, 0.2) is 42.5 Å². The molecule has 2 heteroatoms. The number of nitrogens with one attached hydrogen (secondary N) is 2. The average Bonchev–Trinajstić information content (AvgIpc) is 2.36. The lowest BCUT2D eigenvalue weighted by Crippen LogP contribution is -2.28. The summed E-state index contributed by atoms with van der Waals surface area (Å²) in [5, 5.41) is 6.53. The fourth-order valence-corrected chi connectivity index (χ4v) is 1.96. The zero-order chi connectivity index (χ0) is 12.5. The highest BCUT2D eigenvalue weighted by Gasteiger charge is 2.07. The molecule has 1 aromatic rings. The van der Waals surface area contributed by atoms with Crippen LogP contribution in [0.2, 0.25) is 0 Å². The second kappa shape index (κ2) is 8.04. The minimum Gasteiger partial charge on any atom is -0.317 e. The highest BCUT2D eigenvalue weighted by Crippen LogP contribution is 2.10. The summed E-state index contributed by atoms with van der Waals surface area (Å²) in [6.45, 7) is 4.99. The van der Waals surface area contributed by atoms with Crippen LogP contribution in [0, 0.1) is 0 Å². The van der Waals surface area contributed by atoms with Crippen LogP contribution in [0.3, 0.4) is 0 Å². The lowest BCUT2D eigenvalue weighted by molar-refractivity contribution is 0.516. The minimum atomic E-state index is 0.533. The zero-order valence-corrected chi connectivity index (χ0v) is 11.0. The average molecular weight is 232 g/mol. The second-order valence-electron chi connectivity index (χ2n) is 4.49. The van der Waals surface area contributed by atoms with E-state index in [9.17, 15) is 0 Å². The Morgan fingerprint density at radius 3 is 2.53 bits per heavy atom. The maximum Gasteiger partial charge on any atom is 0.0158 e. The molecule has 1 atom stereocenters. The summed E-state index contributed by atoms with van der Waals surface area (Å²) < 4.78 is 0. The smallest absolute Gasteiger partial charge is 0.0158 e. The first kappa shape index (κ1) is 13.9. The fourth-order valence-electron chi connectivity index (χ4n) is 1.96. The molecule has 1 unspecified atom stereocenters. The molecule has 0 bridgehead atoms. The van der Waals surface area contributed by atoms with Gasteiger partial charge in [0.1, 0.15) is 0 Å². The summed E-state index contributed by atoms with van der Waals surface area (Å²) in [6.07, 6.45) is 3.31. The molecule has 0 amide bonds. The molecule has 0 spiro atoms. The molecule has 17 heavy (non-hydrogen) atoms. The highest BCUT2D eigenvalue weighted by molar-refractivity contribution is 5.16. The van der Waals surface area contributed by atoms with Gasteiger partial charge in [-0.05, 0) is 38.9 Å². The van der Waals surface area contributed by atoms with Crippen molar-refractivity contribution in [3.8, 4) is 0 Å². The quantitative estimate of drug-likeness (QED) is 0.672. The molecule has 0 aliphatic heterocycles. The van der Waals surface area contributed by atoms with Gasteiger partial charge in [-0.3, -0.25) is 0 Å². The first-order chi connectivity index (χ1) is 8.26. The Labute approximate surface area is 105 Å². The predicted octanol–water partition coefficient (Wildman–Crippen LogP) is 2.37. The molecule has 0 saturated heterocycles. The Morgan fingerprint density at radius 1 is 1.24 bits per heavy atom.